The molecule has 0 saturated heterocycles. The average Bonchev–Trinajstić information content (AvgIpc) is 2.69. The molecule has 3 nitrogen and oxygen atoms in total. The first-order valence-electron chi connectivity index (χ1n) is 9.12. The molecule has 0 fully saturated rings. The second-order valence-electron chi connectivity index (χ2n) is 6.81. The molecule has 3 atom stereocenters. The predicted molar refractivity (Wildman–Crippen MR) is 113 cm³/mol. The summed E-state index contributed by atoms with van der Waals surface area (Å²) >= 11 is 0. The molecule has 3 aromatic rings. The third-order valence-electron chi connectivity index (χ3n) is 4.71. The van der Waals surface area contributed by atoms with Gasteiger partial charge in [-0.3, -0.25) is 5.14 Å². The van der Waals surface area contributed by atoms with E-state index in [1.54, 1.807) is 0 Å². The van der Waals surface area contributed by atoms with E-state index in [9.17, 15) is 4.21 Å². The Balaban J connectivity index is 1.96. The zero-order chi connectivity index (χ0) is 19.2. The smallest absolute Gasteiger partial charge is 0.135 e. The highest BCUT2D eigenvalue weighted by molar-refractivity contribution is 7.83. The number of para-hydroxylation sites is 1. The van der Waals surface area contributed by atoms with Crippen LogP contribution in [0.4, 0.5) is 0 Å². The first-order valence-corrected chi connectivity index (χ1v) is 10.4. The van der Waals surface area contributed by atoms with Crippen molar-refractivity contribution in [2.45, 2.75) is 31.4 Å². The van der Waals surface area contributed by atoms with Gasteiger partial charge >= 0.3 is 0 Å². The van der Waals surface area contributed by atoms with Crippen LogP contribution in [0.15, 0.2) is 78.9 Å². The zero-order valence-electron chi connectivity index (χ0n) is 15.7. The van der Waals surface area contributed by atoms with Crippen LogP contribution in [0.1, 0.15) is 31.7 Å². The van der Waals surface area contributed by atoms with E-state index in [0.29, 0.717) is 0 Å². The summed E-state index contributed by atoms with van der Waals surface area (Å²) in [6.45, 7) is 4.07. The number of hydrogen-bond donors (Lipinski definition) is 1. The third-order valence-corrected chi connectivity index (χ3v) is 5.70. The molecule has 0 aliphatic carbocycles. The van der Waals surface area contributed by atoms with E-state index >= 15 is 0 Å². The van der Waals surface area contributed by atoms with Crippen LogP contribution in [0.5, 0.6) is 11.5 Å². The Bertz CT molecular complexity index is 897. The monoisotopic (exact) mass is 379 g/mol. The lowest BCUT2D eigenvalue weighted by Gasteiger charge is -2.19. The van der Waals surface area contributed by atoms with Crippen LogP contribution in [-0.2, 0) is 11.0 Å². The molecule has 2 unspecified atom stereocenters. The summed E-state index contributed by atoms with van der Waals surface area (Å²) in [6.07, 6.45) is 0.774. The van der Waals surface area contributed by atoms with Crippen molar-refractivity contribution < 1.29 is 8.95 Å². The van der Waals surface area contributed by atoms with Crippen molar-refractivity contribution in [1.29, 1.82) is 0 Å². The van der Waals surface area contributed by atoms with Crippen molar-refractivity contribution in [3.05, 3.63) is 84.4 Å². The first-order chi connectivity index (χ1) is 13.0. The molecule has 140 valence electrons. The molecule has 0 spiro atoms. The van der Waals surface area contributed by atoms with Gasteiger partial charge in [0.25, 0.3) is 0 Å². The van der Waals surface area contributed by atoms with Gasteiger partial charge in [0, 0.05) is 10.8 Å². The second-order valence-corrected chi connectivity index (χ2v) is 8.27. The van der Waals surface area contributed by atoms with Crippen molar-refractivity contribution in [2.24, 2.45) is 5.14 Å². The maximum Gasteiger partial charge on any atom is 0.135 e. The van der Waals surface area contributed by atoms with Gasteiger partial charge in [-0.1, -0.05) is 61.5 Å². The van der Waals surface area contributed by atoms with Crippen molar-refractivity contribution in [3.63, 3.8) is 0 Å². The standard InChI is InChI=1S/C23H25NO2S/c1-17(15-18(2)27(24)25)20-13-14-23(26-21-11-7-4-8-12-21)22(16-20)19-9-5-3-6-10-19/h3-14,16-18H,15,24H2,1-2H3/t17-,18?,27?/m0/s1. The first kappa shape index (κ1) is 19.3. The van der Waals surface area contributed by atoms with Crippen molar-refractivity contribution in [1.82, 2.24) is 0 Å². The molecular weight excluding hydrogens is 354 g/mol. The number of nitrogens with two attached hydrogens (primary N) is 1. The quantitative estimate of drug-likeness (QED) is 0.577. The summed E-state index contributed by atoms with van der Waals surface area (Å²) < 4.78 is 17.7. The topological polar surface area (TPSA) is 52.3 Å². The molecule has 3 aromatic carbocycles. The normalized spacial score (nSPS) is 14.3. The Labute approximate surface area is 163 Å². The highest BCUT2D eigenvalue weighted by Gasteiger charge is 2.16. The van der Waals surface area contributed by atoms with Gasteiger partial charge in [0.2, 0.25) is 0 Å². The Hall–Kier alpha value is -2.43. The van der Waals surface area contributed by atoms with Gasteiger partial charge in [-0.25, -0.2) is 4.21 Å². The van der Waals surface area contributed by atoms with E-state index < -0.39 is 11.0 Å². The predicted octanol–water partition coefficient (Wildman–Crippen LogP) is 5.65. The Morgan fingerprint density at radius 1 is 0.926 bits per heavy atom. The Kier molecular flexibility index (Phi) is 6.43. The lowest BCUT2D eigenvalue weighted by molar-refractivity contribution is 0.484. The number of benzene rings is 3. The van der Waals surface area contributed by atoms with Crippen LogP contribution < -0.4 is 9.88 Å². The molecule has 0 aromatic heterocycles. The van der Waals surface area contributed by atoms with Crippen molar-refractivity contribution in [3.8, 4) is 22.6 Å². The maximum atomic E-state index is 11.5. The van der Waals surface area contributed by atoms with E-state index in [1.807, 2.05) is 61.5 Å². The highest BCUT2D eigenvalue weighted by Crippen LogP contribution is 2.36. The number of ether oxygens (including phenoxy) is 1. The summed E-state index contributed by atoms with van der Waals surface area (Å²) in [5, 5.41) is 5.50. The largest absolute Gasteiger partial charge is 0.457 e. The highest BCUT2D eigenvalue weighted by atomic mass is 32.2. The molecule has 4 heteroatoms. The summed E-state index contributed by atoms with van der Waals surface area (Å²) in [4.78, 5) is 0. The lowest BCUT2D eigenvalue weighted by atomic mass is 9.92. The fourth-order valence-corrected chi connectivity index (χ4v) is 3.61. The molecule has 2 N–H and O–H groups in total. The van der Waals surface area contributed by atoms with Gasteiger partial charge in [-0.05, 0) is 54.7 Å². The zero-order valence-corrected chi connectivity index (χ0v) is 16.5. The average molecular weight is 380 g/mol. The van der Waals surface area contributed by atoms with Gasteiger partial charge in [0.1, 0.15) is 11.5 Å². The molecule has 0 aliphatic rings. The number of rotatable bonds is 7. The minimum absolute atomic E-state index is 0.0413. The summed E-state index contributed by atoms with van der Waals surface area (Å²) in [7, 11) is -1.30. The van der Waals surface area contributed by atoms with Crippen LogP contribution in [0.3, 0.4) is 0 Å². The van der Waals surface area contributed by atoms with E-state index in [4.69, 9.17) is 9.88 Å². The summed E-state index contributed by atoms with van der Waals surface area (Å²) in [5.41, 5.74) is 3.34. The molecule has 0 heterocycles. The van der Waals surface area contributed by atoms with Crippen molar-refractivity contribution >= 4 is 11.0 Å². The fraction of sp³-hybridized carbons (Fsp3) is 0.217. The van der Waals surface area contributed by atoms with Crippen LogP contribution in [-0.4, -0.2) is 9.46 Å². The Morgan fingerprint density at radius 2 is 1.56 bits per heavy atom. The van der Waals surface area contributed by atoms with Crippen LogP contribution in [0.2, 0.25) is 0 Å². The lowest BCUT2D eigenvalue weighted by Crippen LogP contribution is -2.20. The second kappa shape index (κ2) is 8.98. The van der Waals surface area contributed by atoms with Crippen LogP contribution in [0.25, 0.3) is 11.1 Å². The van der Waals surface area contributed by atoms with Gasteiger partial charge in [-0.15, -0.1) is 0 Å². The maximum absolute atomic E-state index is 11.5. The third kappa shape index (κ3) is 5.06. The van der Waals surface area contributed by atoms with Crippen molar-refractivity contribution in [2.75, 3.05) is 0 Å². The van der Waals surface area contributed by atoms with Gasteiger partial charge in [0.15, 0.2) is 0 Å². The van der Waals surface area contributed by atoms with E-state index in [1.165, 1.54) is 5.56 Å². The van der Waals surface area contributed by atoms with E-state index in [-0.39, 0.29) is 11.2 Å². The molecule has 0 bridgehead atoms. The summed E-state index contributed by atoms with van der Waals surface area (Å²) in [6, 6.07) is 26.3. The van der Waals surface area contributed by atoms with E-state index in [2.05, 4.69) is 31.2 Å². The van der Waals surface area contributed by atoms with Crippen LogP contribution in [0, 0.1) is 0 Å². The SMILES string of the molecule is CC(C[C@H](C)c1ccc(Oc2ccccc2)c(-c2ccccc2)c1)S(N)=O. The minimum atomic E-state index is -1.30. The molecule has 27 heavy (non-hydrogen) atoms. The minimum Gasteiger partial charge on any atom is -0.457 e. The molecule has 3 rings (SSSR count). The van der Waals surface area contributed by atoms with Gasteiger partial charge < -0.3 is 4.74 Å². The summed E-state index contributed by atoms with van der Waals surface area (Å²) in [5.74, 6) is 1.88. The molecule has 0 saturated carbocycles. The van der Waals surface area contributed by atoms with Gasteiger partial charge in [0.05, 0.1) is 11.0 Å². The van der Waals surface area contributed by atoms with Gasteiger partial charge in [-0.2, -0.15) is 0 Å². The molecule has 0 amide bonds. The molecule has 0 radical (unpaired) electrons. The van der Waals surface area contributed by atoms with Crippen LogP contribution >= 0.6 is 0 Å². The van der Waals surface area contributed by atoms with E-state index in [0.717, 1.165) is 29.0 Å². The fourth-order valence-electron chi connectivity index (χ4n) is 3.13. The molecule has 0 aliphatic heterocycles. The molecular formula is C23H25NO2S. The number of hydrogen-bond acceptors (Lipinski definition) is 2. The Morgan fingerprint density at radius 3 is 2.19 bits per heavy atom.